The number of aromatic nitrogens is 1. The molecule has 0 bridgehead atoms. The van der Waals surface area contributed by atoms with Gasteiger partial charge < -0.3 is 15.2 Å². The van der Waals surface area contributed by atoms with Crippen molar-refractivity contribution in [1.82, 2.24) is 9.88 Å². The van der Waals surface area contributed by atoms with E-state index >= 15 is 0 Å². The number of nitrogen functional groups attached to an aromatic ring is 1. The number of halogens is 2. The third kappa shape index (κ3) is 3.50. The van der Waals surface area contributed by atoms with E-state index in [1.807, 2.05) is 19.0 Å². The Balaban J connectivity index is 2.89. The zero-order chi connectivity index (χ0) is 13.0. The summed E-state index contributed by atoms with van der Waals surface area (Å²) < 4.78 is 26.7. The van der Waals surface area contributed by atoms with Crippen molar-refractivity contribution in [3.05, 3.63) is 17.7 Å². The second kappa shape index (κ2) is 5.74. The van der Waals surface area contributed by atoms with Crippen LogP contribution in [0.2, 0.25) is 0 Å². The van der Waals surface area contributed by atoms with Gasteiger partial charge in [0.1, 0.15) is 0 Å². The highest BCUT2D eigenvalue weighted by molar-refractivity contribution is 5.48. The Morgan fingerprint density at radius 2 is 1.88 bits per heavy atom. The highest BCUT2D eigenvalue weighted by Crippen LogP contribution is 2.20. The molecule has 0 radical (unpaired) electrons. The molecule has 5 nitrogen and oxygen atoms in total. The van der Waals surface area contributed by atoms with Crippen LogP contribution in [0.1, 0.15) is 0 Å². The molecular formula is C10H17F2N5. The second-order valence-corrected chi connectivity index (χ2v) is 3.99. The molecule has 0 aliphatic rings. The molecule has 1 heterocycles. The van der Waals surface area contributed by atoms with Crippen molar-refractivity contribution in [1.29, 1.82) is 0 Å². The Hall–Kier alpha value is -1.47. The minimum absolute atomic E-state index is 0.0706. The van der Waals surface area contributed by atoms with Crippen LogP contribution in [0.3, 0.4) is 0 Å². The second-order valence-electron chi connectivity index (χ2n) is 3.99. The summed E-state index contributed by atoms with van der Waals surface area (Å²) in [5.41, 5.74) is 2.09. The van der Waals surface area contributed by atoms with Gasteiger partial charge in [-0.25, -0.2) is 19.6 Å². The third-order valence-corrected chi connectivity index (χ3v) is 2.29. The van der Waals surface area contributed by atoms with E-state index in [-0.39, 0.29) is 11.6 Å². The Bertz CT molecular complexity index is 383. The molecule has 1 aromatic heterocycles. The van der Waals surface area contributed by atoms with Crippen LogP contribution in [0.15, 0.2) is 6.07 Å². The number of hydrogen-bond donors (Lipinski definition) is 2. The molecule has 0 amide bonds. The van der Waals surface area contributed by atoms with Crippen LogP contribution in [0.4, 0.5) is 20.4 Å². The molecule has 3 N–H and O–H groups in total. The van der Waals surface area contributed by atoms with E-state index in [0.717, 1.165) is 12.6 Å². The smallest absolute Gasteiger partial charge is 0.178 e. The summed E-state index contributed by atoms with van der Waals surface area (Å²) in [6, 6.07) is 0.768. The van der Waals surface area contributed by atoms with Crippen molar-refractivity contribution >= 4 is 11.6 Å². The molecule has 0 spiro atoms. The molecule has 1 rings (SSSR count). The predicted octanol–water partition coefficient (Wildman–Crippen LogP) is 0.643. The molecular weight excluding hydrogens is 228 g/mol. The fourth-order valence-electron chi connectivity index (χ4n) is 1.28. The molecule has 0 unspecified atom stereocenters. The lowest BCUT2D eigenvalue weighted by molar-refractivity contribution is 0.415. The van der Waals surface area contributed by atoms with Gasteiger partial charge in [-0.2, -0.15) is 0 Å². The fourth-order valence-corrected chi connectivity index (χ4v) is 1.28. The molecule has 17 heavy (non-hydrogen) atoms. The molecule has 0 aliphatic carbocycles. The maximum absolute atomic E-state index is 13.5. The number of nitrogens with one attached hydrogen (secondary N) is 1. The maximum atomic E-state index is 13.5. The average Bonchev–Trinajstić information content (AvgIpc) is 2.26. The predicted molar refractivity (Wildman–Crippen MR) is 63.8 cm³/mol. The number of nitrogens with two attached hydrogens (primary N) is 1. The minimum Gasteiger partial charge on any atom is -0.356 e. The van der Waals surface area contributed by atoms with Crippen LogP contribution in [0.5, 0.6) is 0 Å². The van der Waals surface area contributed by atoms with E-state index in [1.165, 1.54) is 0 Å². The lowest BCUT2D eigenvalue weighted by Gasteiger charge is -2.21. The van der Waals surface area contributed by atoms with Crippen molar-refractivity contribution in [2.45, 2.75) is 0 Å². The zero-order valence-corrected chi connectivity index (χ0v) is 10.2. The quantitative estimate of drug-likeness (QED) is 0.589. The Morgan fingerprint density at radius 3 is 2.41 bits per heavy atom. The first-order valence-corrected chi connectivity index (χ1v) is 5.14. The molecule has 0 aliphatic heterocycles. The number of rotatable bonds is 5. The van der Waals surface area contributed by atoms with E-state index in [0.29, 0.717) is 6.54 Å². The number of likely N-dealkylation sites (N-methyl/N-ethyl adjacent to an activating group) is 2. The number of pyridine rings is 1. The largest absolute Gasteiger partial charge is 0.356 e. The Morgan fingerprint density at radius 1 is 1.24 bits per heavy atom. The monoisotopic (exact) mass is 245 g/mol. The number of nitrogens with zero attached hydrogens (tertiary/aromatic N) is 3. The molecule has 0 atom stereocenters. The maximum Gasteiger partial charge on any atom is 0.178 e. The van der Waals surface area contributed by atoms with Gasteiger partial charge in [0, 0.05) is 26.2 Å². The van der Waals surface area contributed by atoms with Crippen LogP contribution < -0.4 is 16.2 Å². The van der Waals surface area contributed by atoms with Crippen molar-refractivity contribution in [2.75, 3.05) is 44.6 Å². The van der Waals surface area contributed by atoms with E-state index < -0.39 is 11.6 Å². The SMILES string of the molecule is CN(C)CCN(C)c1nc(NN)c(F)cc1F. The van der Waals surface area contributed by atoms with Crippen molar-refractivity contribution in [3.63, 3.8) is 0 Å². The number of hydrogen-bond acceptors (Lipinski definition) is 5. The minimum atomic E-state index is -0.810. The van der Waals surface area contributed by atoms with Crippen LogP contribution in [-0.2, 0) is 0 Å². The summed E-state index contributed by atoms with van der Waals surface area (Å²) in [7, 11) is 5.51. The van der Waals surface area contributed by atoms with Gasteiger partial charge in [0.2, 0.25) is 0 Å². The van der Waals surface area contributed by atoms with Gasteiger partial charge in [0.15, 0.2) is 23.3 Å². The summed E-state index contributed by atoms with van der Waals surface area (Å²) in [6.45, 7) is 1.31. The van der Waals surface area contributed by atoms with E-state index in [9.17, 15) is 8.78 Å². The van der Waals surface area contributed by atoms with Gasteiger partial charge in [-0.1, -0.05) is 0 Å². The topological polar surface area (TPSA) is 57.4 Å². The first kappa shape index (κ1) is 13.6. The molecule has 0 saturated carbocycles. The first-order valence-electron chi connectivity index (χ1n) is 5.14. The highest BCUT2D eigenvalue weighted by atomic mass is 19.1. The molecule has 0 fully saturated rings. The fraction of sp³-hybridized carbons (Fsp3) is 0.500. The highest BCUT2D eigenvalue weighted by Gasteiger charge is 2.14. The van der Waals surface area contributed by atoms with Crippen molar-refractivity contribution < 1.29 is 8.78 Å². The van der Waals surface area contributed by atoms with Gasteiger partial charge in [0.25, 0.3) is 0 Å². The standard InChI is InChI=1S/C10H17F2N5/c1-16(2)4-5-17(3)10-8(12)6-7(11)9(14-10)15-13/h6H,4-5,13H2,1-3H3,(H,14,15). The van der Waals surface area contributed by atoms with E-state index in [4.69, 9.17) is 5.84 Å². The van der Waals surface area contributed by atoms with Crippen LogP contribution >= 0.6 is 0 Å². The van der Waals surface area contributed by atoms with Gasteiger partial charge in [0.05, 0.1) is 0 Å². The number of hydrazine groups is 1. The molecule has 0 aromatic carbocycles. The lowest BCUT2D eigenvalue weighted by Crippen LogP contribution is -2.30. The zero-order valence-electron chi connectivity index (χ0n) is 10.2. The van der Waals surface area contributed by atoms with Crippen LogP contribution in [0, 0.1) is 11.6 Å². The first-order chi connectivity index (χ1) is 7.95. The Labute approximate surface area is 99.2 Å². The number of anilines is 2. The third-order valence-electron chi connectivity index (χ3n) is 2.29. The summed E-state index contributed by atoms with van der Waals surface area (Å²) in [4.78, 5) is 7.35. The normalized spacial score (nSPS) is 10.8. The lowest BCUT2D eigenvalue weighted by atomic mass is 10.3. The Kier molecular flexibility index (Phi) is 4.59. The summed E-state index contributed by atoms with van der Waals surface area (Å²) in [5.74, 6) is 3.48. The van der Waals surface area contributed by atoms with Crippen LogP contribution in [0.25, 0.3) is 0 Å². The van der Waals surface area contributed by atoms with Gasteiger partial charge in [-0.3, -0.25) is 0 Å². The van der Waals surface area contributed by atoms with Crippen molar-refractivity contribution in [3.8, 4) is 0 Å². The molecule has 0 saturated heterocycles. The van der Waals surface area contributed by atoms with Gasteiger partial charge >= 0.3 is 0 Å². The molecule has 96 valence electrons. The summed E-state index contributed by atoms with van der Waals surface area (Å²) in [5, 5.41) is 0. The van der Waals surface area contributed by atoms with Gasteiger partial charge in [-0.05, 0) is 14.1 Å². The van der Waals surface area contributed by atoms with E-state index in [1.54, 1.807) is 11.9 Å². The summed E-state index contributed by atoms with van der Waals surface area (Å²) in [6.07, 6.45) is 0. The van der Waals surface area contributed by atoms with Crippen molar-refractivity contribution in [2.24, 2.45) is 5.84 Å². The molecule has 7 heteroatoms. The van der Waals surface area contributed by atoms with E-state index in [2.05, 4.69) is 10.4 Å². The van der Waals surface area contributed by atoms with Gasteiger partial charge in [-0.15, -0.1) is 0 Å². The average molecular weight is 245 g/mol. The molecule has 1 aromatic rings. The summed E-state index contributed by atoms with van der Waals surface area (Å²) >= 11 is 0. The van der Waals surface area contributed by atoms with Crippen LogP contribution in [-0.4, -0.2) is 44.1 Å².